The second kappa shape index (κ2) is 9.92. The zero-order valence-corrected chi connectivity index (χ0v) is 18.8. The summed E-state index contributed by atoms with van der Waals surface area (Å²) >= 11 is 5.67. The smallest absolute Gasteiger partial charge is 0.237 e. The van der Waals surface area contributed by atoms with Gasteiger partial charge in [0.25, 0.3) is 0 Å². The Kier molecular flexibility index (Phi) is 7.31. The average molecular weight is 413 g/mol. The lowest BCUT2D eigenvalue weighted by molar-refractivity contribution is 0.388. The number of nitrogens with one attached hydrogen (secondary N) is 1. The molecule has 0 spiro atoms. The van der Waals surface area contributed by atoms with E-state index in [2.05, 4.69) is 51.3 Å². The Balaban J connectivity index is 1.56. The summed E-state index contributed by atoms with van der Waals surface area (Å²) in [6.07, 6.45) is 3.66. The quantitative estimate of drug-likeness (QED) is 0.701. The van der Waals surface area contributed by atoms with E-state index in [9.17, 15) is 0 Å². The van der Waals surface area contributed by atoms with Crippen molar-refractivity contribution in [2.24, 2.45) is 0 Å². The molecule has 0 radical (unpaired) electrons. The van der Waals surface area contributed by atoms with Crippen molar-refractivity contribution in [2.75, 3.05) is 43.5 Å². The Morgan fingerprint density at radius 1 is 1.14 bits per heavy atom. The van der Waals surface area contributed by atoms with Gasteiger partial charge in [-0.05, 0) is 68.2 Å². The summed E-state index contributed by atoms with van der Waals surface area (Å²) in [5.74, 6) is 0.581. The molecule has 3 rings (SSSR count). The number of hydrogen-bond acceptors (Lipinski definition) is 4. The molecule has 1 aromatic heterocycles. The van der Waals surface area contributed by atoms with Crippen LogP contribution in [0.5, 0.6) is 5.88 Å². The molecule has 1 aromatic carbocycles. The van der Waals surface area contributed by atoms with Crippen LogP contribution in [0.1, 0.15) is 36.6 Å². The predicted octanol–water partition coefficient (Wildman–Crippen LogP) is 4.57. The van der Waals surface area contributed by atoms with Gasteiger partial charge in [-0.25, -0.2) is 4.98 Å². The third kappa shape index (κ3) is 5.38. The number of pyridine rings is 1. The average Bonchev–Trinajstić information content (AvgIpc) is 2.75. The second-order valence-electron chi connectivity index (χ2n) is 7.62. The summed E-state index contributed by atoms with van der Waals surface area (Å²) in [5, 5.41) is 4.06. The van der Waals surface area contributed by atoms with Crippen LogP contribution in [0.25, 0.3) is 0 Å². The fourth-order valence-corrected chi connectivity index (χ4v) is 3.84. The van der Waals surface area contributed by atoms with E-state index < -0.39 is 0 Å². The first-order chi connectivity index (χ1) is 14.0. The van der Waals surface area contributed by atoms with Gasteiger partial charge in [0, 0.05) is 37.6 Å². The normalized spacial score (nSPS) is 14.1. The molecule has 0 atom stereocenters. The Morgan fingerprint density at radius 3 is 2.45 bits per heavy atom. The molecule has 29 heavy (non-hydrogen) atoms. The predicted molar refractivity (Wildman–Crippen MR) is 125 cm³/mol. The molecule has 5 nitrogen and oxygen atoms in total. The van der Waals surface area contributed by atoms with Gasteiger partial charge in [-0.1, -0.05) is 25.5 Å². The van der Waals surface area contributed by atoms with Crippen LogP contribution in [-0.2, 0) is 6.42 Å². The minimum absolute atomic E-state index is 0.581. The highest BCUT2D eigenvalue weighted by Gasteiger charge is 2.20. The van der Waals surface area contributed by atoms with E-state index in [1.54, 1.807) is 7.11 Å². The van der Waals surface area contributed by atoms with Gasteiger partial charge in [0.05, 0.1) is 7.11 Å². The van der Waals surface area contributed by atoms with E-state index in [-0.39, 0.29) is 0 Å². The standard InChI is InChI=1S/C23H32N4OS/c1-5-6-7-19-8-10-20(11-9-19)26-12-14-27(15-13-26)23(29)25-21-16-17(2)18(3)24-22(21)28-4/h8-11,16H,5-7,12-15H2,1-4H3,(H,25,29). The van der Waals surface area contributed by atoms with Crippen LogP contribution in [0, 0.1) is 13.8 Å². The Morgan fingerprint density at radius 2 is 1.83 bits per heavy atom. The lowest BCUT2D eigenvalue weighted by Crippen LogP contribution is -2.50. The molecular formula is C23H32N4OS. The van der Waals surface area contributed by atoms with Gasteiger partial charge in [-0.15, -0.1) is 0 Å². The van der Waals surface area contributed by atoms with E-state index in [1.165, 1.54) is 30.5 Å². The zero-order valence-electron chi connectivity index (χ0n) is 18.0. The fraction of sp³-hybridized carbons (Fsp3) is 0.478. The van der Waals surface area contributed by atoms with Crippen LogP contribution in [0.3, 0.4) is 0 Å². The third-order valence-corrected chi connectivity index (χ3v) is 5.91. The molecule has 6 heteroatoms. The molecule has 1 aliphatic rings. The minimum Gasteiger partial charge on any atom is -0.480 e. The molecule has 1 N–H and O–H groups in total. The van der Waals surface area contributed by atoms with E-state index in [4.69, 9.17) is 17.0 Å². The molecule has 1 fully saturated rings. The highest BCUT2D eigenvalue weighted by atomic mass is 32.1. The molecule has 1 aliphatic heterocycles. The van der Waals surface area contributed by atoms with Crippen molar-refractivity contribution in [3.05, 3.63) is 47.2 Å². The maximum absolute atomic E-state index is 5.67. The Bertz CT molecular complexity index is 830. The lowest BCUT2D eigenvalue weighted by Gasteiger charge is -2.37. The molecule has 0 unspecified atom stereocenters. The van der Waals surface area contributed by atoms with Crippen molar-refractivity contribution in [2.45, 2.75) is 40.0 Å². The van der Waals surface area contributed by atoms with E-state index in [0.29, 0.717) is 5.88 Å². The SMILES string of the molecule is CCCCc1ccc(N2CCN(C(=S)Nc3cc(C)c(C)nc3OC)CC2)cc1. The summed E-state index contributed by atoms with van der Waals surface area (Å²) in [5.41, 5.74) is 5.63. The Labute approximate surface area is 180 Å². The molecule has 156 valence electrons. The van der Waals surface area contributed by atoms with Gasteiger partial charge in [0.1, 0.15) is 5.69 Å². The zero-order chi connectivity index (χ0) is 20.8. The second-order valence-corrected chi connectivity index (χ2v) is 8.01. The summed E-state index contributed by atoms with van der Waals surface area (Å²) in [4.78, 5) is 9.15. The number of unbranched alkanes of at least 4 members (excludes halogenated alkanes) is 1. The number of aromatic nitrogens is 1. The van der Waals surface area contributed by atoms with Gasteiger partial charge in [-0.2, -0.15) is 0 Å². The van der Waals surface area contributed by atoms with Crippen molar-refractivity contribution < 1.29 is 4.74 Å². The van der Waals surface area contributed by atoms with Crippen LogP contribution >= 0.6 is 12.2 Å². The summed E-state index contributed by atoms with van der Waals surface area (Å²) < 4.78 is 5.42. The van der Waals surface area contributed by atoms with Crippen molar-refractivity contribution in [3.8, 4) is 5.88 Å². The van der Waals surface area contributed by atoms with Crippen LogP contribution in [0.2, 0.25) is 0 Å². The number of ether oxygens (including phenoxy) is 1. The maximum atomic E-state index is 5.67. The number of piperazine rings is 1. The number of benzene rings is 1. The van der Waals surface area contributed by atoms with Crippen molar-refractivity contribution in [3.63, 3.8) is 0 Å². The molecule has 0 saturated carbocycles. The van der Waals surface area contributed by atoms with E-state index >= 15 is 0 Å². The monoisotopic (exact) mass is 412 g/mol. The molecule has 2 heterocycles. The highest BCUT2D eigenvalue weighted by Crippen LogP contribution is 2.25. The third-order valence-electron chi connectivity index (χ3n) is 5.55. The molecule has 1 saturated heterocycles. The van der Waals surface area contributed by atoms with Gasteiger partial charge in [0.2, 0.25) is 5.88 Å². The van der Waals surface area contributed by atoms with Gasteiger partial charge in [-0.3, -0.25) is 0 Å². The molecular weight excluding hydrogens is 380 g/mol. The molecule has 2 aromatic rings. The van der Waals surface area contributed by atoms with Gasteiger partial charge >= 0.3 is 0 Å². The van der Waals surface area contributed by atoms with Crippen LogP contribution in [0.4, 0.5) is 11.4 Å². The minimum atomic E-state index is 0.581. The molecule has 0 amide bonds. The first-order valence-electron chi connectivity index (χ1n) is 10.4. The summed E-state index contributed by atoms with van der Waals surface area (Å²) in [6.45, 7) is 9.96. The number of anilines is 2. The van der Waals surface area contributed by atoms with Crippen molar-refractivity contribution in [1.82, 2.24) is 9.88 Å². The van der Waals surface area contributed by atoms with E-state index in [0.717, 1.165) is 48.2 Å². The number of hydrogen-bond donors (Lipinski definition) is 1. The van der Waals surface area contributed by atoms with Gasteiger partial charge in [0.15, 0.2) is 5.11 Å². The number of methoxy groups -OCH3 is 1. The Hall–Kier alpha value is -2.34. The van der Waals surface area contributed by atoms with Crippen LogP contribution < -0.4 is 15.0 Å². The summed E-state index contributed by atoms with van der Waals surface area (Å²) in [7, 11) is 1.64. The van der Waals surface area contributed by atoms with E-state index in [1.807, 2.05) is 19.9 Å². The topological polar surface area (TPSA) is 40.6 Å². The number of aryl methyl sites for hydroxylation is 3. The van der Waals surface area contributed by atoms with Crippen molar-refractivity contribution in [1.29, 1.82) is 0 Å². The number of nitrogens with zero attached hydrogens (tertiary/aromatic N) is 3. The maximum Gasteiger partial charge on any atom is 0.237 e. The first-order valence-corrected chi connectivity index (χ1v) is 10.8. The molecule has 0 bridgehead atoms. The number of rotatable bonds is 6. The van der Waals surface area contributed by atoms with Crippen LogP contribution in [0.15, 0.2) is 30.3 Å². The van der Waals surface area contributed by atoms with Gasteiger partial charge < -0.3 is 19.9 Å². The first kappa shape index (κ1) is 21.4. The largest absolute Gasteiger partial charge is 0.480 e. The number of thiocarbonyl (C=S) groups is 1. The molecule has 0 aliphatic carbocycles. The summed E-state index contributed by atoms with van der Waals surface area (Å²) in [6, 6.07) is 11.1. The van der Waals surface area contributed by atoms with Crippen molar-refractivity contribution >= 4 is 28.7 Å². The lowest BCUT2D eigenvalue weighted by atomic mass is 10.1. The highest BCUT2D eigenvalue weighted by molar-refractivity contribution is 7.80. The fourth-order valence-electron chi connectivity index (χ4n) is 3.54. The van der Waals surface area contributed by atoms with Crippen LogP contribution in [-0.4, -0.2) is 48.3 Å².